The maximum absolute atomic E-state index is 6.30. The first-order valence-corrected chi connectivity index (χ1v) is 6.87. The maximum Gasteiger partial charge on any atom is 0.0696 e. The molecule has 2 rings (SSSR count). The molecule has 16 heavy (non-hydrogen) atoms. The van der Waals surface area contributed by atoms with Gasteiger partial charge in [-0.15, -0.1) is 0 Å². The van der Waals surface area contributed by atoms with Crippen LogP contribution >= 0.6 is 15.9 Å². The van der Waals surface area contributed by atoms with Crippen molar-refractivity contribution in [2.24, 2.45) is 11.7 Å². The lowest BCUT2D eigenvalue weighted by Crippen LogP contribution is -2.23. The van der Waals surface area contributed by atoms with Crippen molar-refractivity contribution < 1.29 is 0 Å². The van der Waals surface area contributed by atoms with Crippen molar-refractivity contribution in [1.29, 1.82) is 0 Å². The summed E-state index contributed by atoms with van der Waals surface area (Å²) in [6, 6.07) is 0.485. The van der Waals surface area contributed by atoms with Gasteiger partial charge in [0.05, 0.1) is 16.4 Å². The second-order valence-corrected chi connectivity index (χ2v) is 5.91. The normalized spacial score (nSPS) is 18.8. The Morgan fingerprint density at radius 1 is 1.56 bits per heavy atom. The van der Waals surface area contributed by atoms with E-state index in [1.165, 1.54) is 19.3 Å². The molecule has 90 valence electrons. The van der Waals surface area contributed by atoms with Crippen molar-refractivity contribution >= 4 is 15.9 Å². The topological polar surface area (TPSA) is 43.8 Å². The number of halogens is 1. The number of aromatic nitrogens is 2. The summed E-state index contributed by atoms with van der Waals surface area (Å²) in [6.45, 7) is 4.28. The fourth-order valence-corrected chi connectivity index (χ4v) is 2.88. The smallest absolute Gasteiger partial charge is 0.0696 e. The van der Waals surface area contributed by atoms with Crippen LogP contribution in [0.3, 0.4) is 0 Å². The molecule has 0 amide bonds. The molecule has 0 spiro atoms. The first-order valence-electron chi connectivity index (χ1n) is 6.08. The molecule has 2 N–H and O–H groups in total. The van der Waals surface area contributed by atoms with Gasteiger partial charge < -0.3 is 5.73 Å². The quantitative estimate of drug-likeness (QED) is 0.921. The Labute approximate surface area is 106 Å². The molecule has 1 heterocycles. The second kappa shape index (κ2) is 4.88. The third kappa shape index (κ3) is 2.33. The highest BCUT2D eigenvalue weighted by atomic mass is 79.9. The minimum absolute atomic E-state index is 0.115. The van der Waals surface area contributed by atoms with Crippen molar-refractivity contribution in [3.63, 3.8) is 0 Å². The lowest BCUT2D eigenvalue weighted by atomic mass is 9.80. The van der Waals surface area contributed by atoms with Crippen molar-refractivity contribution in [2.45, 2.75) is 51.6 Å². The minimum Gasteiger partial charge on any atom is -0.323 e. The number of nitrogens with two attached hydrogens (primary N) is 1. The van der Waals surface area contributed by atoms with E-state index in [1.807, 2.05) is 10.9 Å². The monoisotopic (exact) mass is 285 g/mol. The van der Waals surface area contributed by atoms with Crippen LogP contribution < -0.4 is 5.73 Å². The molecular formula is C12H20BrN3. The molecule has 1 fully saturated rings. The average molecular weight is 286 g/mol. The molecule has 1 atom stereocenters. The lowest BCUT2D eigenvalue weighted by Gasteiger charge is -2.28. The minimum atomic E-state index is 0.115. The fraction of sp³-hybridized carbons (Fsp3) is 0.750. The van der Waals surface area contributed by atoms with Gasteiger partial charge in [0.1, 0.15) is 0 Å². The molecule has 1 aromatic rings. The molecule has 1 aliphatic carbocycles. The van der Waals surface area contributed by atoms with Gasteiger partial charge in [-0.05, 0) is 42.1 Å². The third-order valence-electron chi connectivity index (χ3n) is 3.44. The third-order valence-corrected chi connectivity index (χ3v) is 4.05. The van der Waals surface area contributed by atoms with E-state index in [-0.39, 0.29) is 6.04 Å². The van der Waals surface area contributed by atoms with E-state index >= 15 is 0 Å². The standard InChI is InChI=1S/C12H20BrN3/c1-8(2)16-12(10(13)7-15-16)11(14)6-9-4-3-5-9/h7-9,11H,3-6,14H2,1-2H3. The SMILES string of the molecule is CC(C)n1ncc(Br)c1C(N)CC1CCC1. The van der Waals surface area contributed by atoms with Crippen LogP contribution in [0.1, 0.15) is 57.3 Å². The molecule has 1 saturated carbocycles. The summed E-state index contributed by atoms with van der Waals surface area (Å²) >= 11 is 3.55. The maximum atomic E-state index is 6.30. The molecule has 1 unspecified atom stereocenters. The fourth-order valence-electron chi connectivity index (χ4n) is 2.31. The van der Waals surface area contributed by atoms with Crippen LogP contribution in [0.4, 0.5) is 0 Å². The highest BCUT2D eigenvalue weighted by Crippen LogP contribution is 2.36. The molecule has 0 aromatic carbocycles. The number of hydrogen-bond acceptors (Lipinski definition) is 2. The summed E-state index contributed by atoms with van der Waals surface area (Å²) in [4.78, 5) is 0. The molecule has 0 aliphatic heterocycles. The second-order valence-electron chi connectivity index (χ2n) is 5.06. The van der Waals surface area contributed by atoms with Crippen LogP contribution in [0.15, 0.2) is 10.7 Å². The van der Waals surface area contributed by atoms with E-state index in [0.717, 1.165) is 22.5 Å². The van der Waals surface area contributed by atoms with Crippen molar-refractivity contribution in [3.05, 3.63) is 16.4 Å². The largest absolute Gasteiger partial charge is 0.323 e. The summed E-state index contributed by atoms with van der Waals surface area (Å²) in [6.07, 6.45) is 7.03. The van der Waals surface area contributed by atoms with E-state index in [9.17, 15) is 0 Å². The highest BCUT2D eigenvalue weighted by molar-refractivity contribution is 9.10. The Bertz CT molecular complexity index is 355. The van der Waals surface area contributed by atoms with Crippen LogP contribution in [-0.2, 0) is 0 Å². The predicted octanol–water partition coefficient (Wildman–Crippen LogP) is 3.42. The highest BCUT2D eigenvalue weighted by Gasteiger charge is 2.25. The van der Waals surface area contributed by atoms with E-state index < -0.39 is 0 Å². The van der Waals surface area contributed by atoms with E-state index in [0.29, 0.717) is 6.04 Å². The Morgan fingerprint density at radius 2 is 2.25 bits per heavy atom. The Kier molecular flexibility index (Phi) is 3.70. The first-order chi connectivity index (χ1) is 7.59. The number of rotatable bonds is 4. The first kappa shape index (κ1) is 12.1. The summed E-state index contributed by atoms with van der Waals surface area (Å²) in [7, 11) is 0. The molecule has 4 heteroatoms. The summed E-state index contributed by atoms with van der Waals surface area (Å²) < 4.78 is 3.08. The number of hydrogen-bond donors (Lipinski definition) is 1. The van der Waals surface area contributed by atoms with E-state index in [1.54, 1.807) is 0 Å². The Hall–Kier alpha value is -0.350. The molecule has 0 radical (unpaired) electrons. The summed E-state index contributed by atoms with van der Waals surface area (Å²) in [5.41, 5.74) is 7.45. The molecule has 3 nitrogen and oxygen atoms in total. The van der Waals surface area contributed by atoms with Crippen LogP contribution in [-0.4, -0.2) is 9.78 Å². The zero-order valence-corrected chi connectivity index (χ0v) is 11.6. The van der Waals surface area contributed by atoms with Crippen molar-refractivity contribution in [3.8, 4) is 0 Å². The molecule has 0 saturated heterocycles. The van der Waals surface area contributed by atoms with Crippen LogP contribution in [0.25, 0.3) is 0 Å². The predicted molar refractivity (Wildman–Crippen MR) is 69.2 cm³/mol. The molecule has 0 bridgehead atoms. The van der Waals surface area contributed by atoms with Gasteiger partial charge in [0.2, 0.25) is 0 Å². The van der Waals surface area contributed by atoms with Crippen LogP contribution in [0.5, 0.6) is 0 Å². The summed E-state index contributed by atoms with van der Waals surface area (Å²) in [5, 5.41) is 4.38. The van der Waals surface area contributed by atoms with E-state index in [2.05, 4.69) is 34.9 Å². The Morgan fingerprint density at radius 3 is 2.75 bits per heavy atom. The van der Waals surface area contributed by atoms with Gasteiger partial charge in [-0.1, -0.05) is 19.3 Å². The lowest BCUT2D eigenvalue weighted by molar-refractivity contribution is 0.271. The van der Waals surface area contributed by atoms with Gasteiger partial charge in [-0.25, -0.2) is 0 Å². The van der Waals surface area contributed by atoms with Crippen molar-refractivity contribution in [1.82, 2.24) is 9.78 Å². The van der Waals surface area contributed by atoms with Gasteiger partial charge in [-0.2, -0.15) is 5.10 Å². The molecule has 1 aromatic heterocycles. The average Bonchev–Trinajstić information content (AvgIpc) is 2.53. The summed E-state index contributed by atoms with van der Waals surface area (Å²) in [5.74, 6) is 0.831. The van der Waals surface area contributed by atoms with Gasteiger partial charge in [0.15, 0.2) is 0 Å². The zero-order chi connectivity index (χ0) is 11.7. The Balaban J connectivity index is 2.13. The number of nitrogens with zero attached hydrogens (tertiary/aromatic N) is 2. The van der Waals surface area contributed by atoms with Gasteiger partial charge >= 0.3 is 0 Å². The molecule has 1 aliphatic rings. The van der Waals surface area contributed by atoms with E-state index in [4.69, 9.17) is 5.73 Å². The molecular weight excluding hydrogens is 266 g/mol. The van der Waals surface area contributed by atoms with Crippen LogP contribution in [0, 0.1) is 5.92 Å². The van der Waals surface area contributed by atoms with Gasteiger partial charge in [0, 0.05) is 12.1 Å². The van der Waals surface area contributed by atoms with Gasteiger partial charge in [0.25, 0.3) is 0 Å². The van der Waals surface area contributed by atoms with Gasteiger partial charge in [-0.3, -0.25) is 4.68 Å². The zero-order valence-electron chi connectivity index (χ0n) is 9.99. The van der Waals surface area contributed by atoms with Crippen LogP contribution in [0.2, 0.25) is 0 Å². The van der Waals surface area contributed by atoms with Crippen molar-refractivity contribution in [2.75, 3.05) is 0 Å².